The van der Waals surface area contributed by atoms with Crippen molar-refractivity contribution in [3.05, 3.63) is 53.1 Å². The standard InChI is InChI=1S/C17H18ClN3O3/c1-11-4-3-5-13(8-11)20-17(23)19-10-16(22)21-14-9-12(18)6-7-15(14)24-2/h3-9H,10H2,1-2H3,(H,21,22)(H2,19,20,23). The summed E-state index contributed by atoms with van der Waals surface area (Å²) in [5.41, 5.74) is 2.12. The highest BCUT2D eigenvalue weighted by atomic mass is 35.5. The van der Waals surface area contributed by atoms with E-state index in [0.717, 1.165) is 5.56 Å². The van der Waals surface area contributed by atoms with Crippen LogP contribution < -0.4 is 20.7 Å². The van der Waals surface area contributed by atoms with E-state index < -0.39 is 11.9 Å². The molecule has 0 spiro atoms. The molecule has 2 aromatic rings. The Balaban J connectivity index is 1.87. The zero-order valence-corrected chi connectivity index (χ0v) is 14.1. The summed E-state index contributed by atoms with van der Waals surface area (Å²) in [5.74, 6) is 0.0897. The maximum atomic E-state index is 12.0. The number of aryl methyl sites for hydroxylation is 1. The van der Waals surface area contributed by atoms with Gasteiger partial charge in [0.15, 0.2) is 0 Å². The van der Waals surface area contributed by atoms with Crippen molar-refractivity contribution in [1.82, 2.24) is 5.32 Å². The fraction of sp³-hybridized carbons (Fsp3) is 0.176. The molecule has 6 nitrogen and oxygen atoms in total. The van der Waals surface area contributed by atoms with Gasteiger partial charge in [-0.05, 0) is 42.8 Å². The largest absolute Gasteiger partial charge is 0.495 e. The number of carbonyl (C=O) groups excluding carboxylic acids is 2. The molecule has 0 saturated heterocycles. The Kier molecular flexibility index (Phi) is 6.03. The quantitative estimate of drug-likeness (QED) is 0.775. The van der Waals surface area contributed by atoms with Crippen molar-refractivity contribution in [3.63, 3.8) is 0 Å². The zero-order valence-electron chi connectivity index (χ0n) is 13.4. The first-order valence-electron chi connectivity index (χ1n) is 7.23. The average Bonchev–Trinajstić information content (AvgIpc) is 2.53. The molecule has 0 aliphatic rings. The highest BCUT2D eigenvalue weighted by Gasteiger charge is 2.10. The molecule has 0 atom stereocenters. The molecule has 2 rings (SSSR count). The van der Waals surface area contributed by atoms with E-state index in [1.165, 1.54) is 7.11 Å². The van der Waals surface area contributed by atoms with E-state index >= 15 is 0 Å². The van der Waals surface area contributed by atoms with E-state index in [4.69, 9.17) is 16.3 Å². The van der Waals surface area contributed by atoms with Crippen LogP contribution >= 0.6 is 11.6 Å². The van der Waals surface area contributed by atoms with Crippen molar-refractivity contribution in [2.24, 2.45) is 0 Å². The number of halogens is 1. The van der Waals surface area contributed by atoms with Crippen molar-refractivity contribution in [1.29, 1.82) is 0 Å². The minimum absolute atomic E-state index is 0.187. The number of rotatable bonds is 5. The number of nitrogens with one attached hydrogen (secondary N) is 3. The van der Waals surface area contributed by atoms with Gasteiger partial charge in [0.05, 0.1) is 19.3 Å². The van der Waals surface area contributed by atoms with Crippen molar-refractivity contribution >= 4 is 34.9 Å². The fourth-order valence-corrected chi connectivity index (χ4v) is 2.20. The molecule has 0 aliphatic heterocycles. The number of carbonyl (C=O) groups is 2. The molecule has 0 bridgehead atoms. The van der Waals surface area contributed by atoms with Gasteiger partial charge in [0.1, 0.15) is 5.75 Å². The third-order valence-electron chi connectivity index (χ3n) is 3.12. The second kappa shape index (κ2) is 8.21. The van der Waals surface area contributed by atoms with Crippen LogP contribution in [0.15, 0.2) is 42.5 Å². The Bertz CT molecular complexity index is 750. The van der Waals surface area contributed by atoms with Gasteiger partial charge < -0.3 is 20.7 Å². The topological polar surface area (TPSA) is 79.5 Å². The molecule has 3 N–H and O–H groups in total. The maximum absolute atomic E-state index is 12.0. The Hall–Kier alpha value is -2.73. The van der Waals surface area contributed by atoms with Gasteiger partial charge in [-0.15, -0.1) is 0 Å². The summed E-state index contributed by atoms with van der Waals surface area (Å²) >= 11 is 5.90. The Morgan fingerprint density at radius 2 is 1.92 bits per heavy atom. The van der Waals surface area contributed by atoms with Gasteiger partial charge in [0, 0.05) is 10.7 Å². The van der Waals surface area contributed by atoms with Gasteiger partial charge in [-0.3, -0.25) is 4.79 Å². The number of hydrogen-bond acceptors (Lipinski definition) is 3. The number of amides is 3. The average molecular weight is 348 g/mol. The summed E-state index contributed by atoms with van der Waals surface area (Å²) < 4.78 is 5.14. The summed E-state index contributed by atoms with van der Waals surface area (Å²) in [6.45, 7) is 1.74. The molecule has 0 aromatic heterocycles. The summed E-state index contributed by atoms with van der Waals surface area (Å²) in [7, 11) is 1.49. The molecule has 0 radical (unpaired) electrons. The van der Waals surface area contributed by atoms with E-state index in [-0.39, 0.29) is 6.54 Å². The van der Waals surface area contributed by atoms with Crippen LogP contribution in [0.25, 0.3) is 0 Å². The first kappa shape index (κ1) is 17.6. The number of methoxy groups -OCH3 is 1. The molecule has 24 heavy (non-hydrogen) atoms. The van der Waals surface area contributed by atoms with Crippen molar-refractivity contribution in [2.75, 3.05) is 24.3 Å². The number of anilines is 2. The van der Waals surface area contributed by atoms with Crippen LogP contribution in [0.3, 0.4) is 0 Å². The third-order valence-corrected chi connectivity index (χ3v) is 3.36. The SMILES string of the molecule is COc1ccc(Cl)cc1NC(=O)CNC(=O)Nc1cccc(C)c1. The normalized spacial score (nSPS) is 9.96. The van der Waals surface area contributed by atoms with E-state index in [9.17, 15) is 9.59 Å². The number of urea groups is 1. The van der Waals surface area contributed by atoms with Crippen LogP contribution in [0.2, 0.25) is 5.02 Å². The lowest BCUT2D eigenvalue weighted by Crippen LogP contribution is -2.35. The van der Waals surface area contributed by atoms with Crippen LogP contribution in [0.4, 0.5) is 16.2 Å². The molecule has 0 heterocycles. The van der Waals surface area contributed by atoms with E-state index in [1.54, 1.807) is 24.3 Å². The van der Waals surface area contributed by atoms with Crippen molar-refractivity contribution < 1.29 is 14.3 Å². The molecule has 7 heteroatoms. The molecule has 0 unspecified atom stereocenters. The lowest BCUT2D eigenvalue weighted by Gasteiger charge is -2.11. The first-order chi connectivity index (χ1) is 11.5. The van der Waals surface area contributed by atoms with E-state index in [2.05, 4.69) is 16.0 Å². The van der Waals surface area contributed by atoms with Crippen LogP contribution in [0, 0.1) is 6.92 Å². The molecule has 0 saturated carbocycles. The third kappa shape index (κ3) is 5.17. The molecule has 126 valence electrons. The Labute approximate surface area is 145 Å². The van der Waals surface area contributed by atoms with E-state index in [0.29, 0.717) is 22.1 Å². The van der Waals surface area contributed by atoms with Gasteiger partial charge in [0.2, 0.25) is 5.91 Å². The van der Waals surface area contributed by atoms with Crippen LogP contribution in [-0.2, 0) is 4.79 Å². The second-order valence-corrected chi connectivity index (χ2v) is 5.51. The predicted molar refractivity (Wildman–Crippen MR) is 94.8 cm³/mol. The Morgan fingerprint density at radius 3 is 2.62 bits per heavy atom. The summed E-state index contributed by atoms with van der Waals surface area (Å²) in [6.07, 6.45) is 0. The second-order valence-electron chi connectivity index (χ2n) is 5.07. The predicted octanol–water partition coefficient (Wildman–Crippen LogP) is 3.42. The lowest BCUT2D eigenvalue weighted by molar-refractivity contribution is -0.115. The van der Waals surface area contributed by atoms with Crippen LogP contribution in [-0.4, -0.2) is 25.6 Å². The summed E-state index contributed by atoms with van der Waals surface area (Å²) in [6, 6.07) is 11.8. The fourth-order valence-electron chi connectivity index (χ4n) is 2.03. The zero-order chi connectivity index (χ0) is 17.5. The monoisotopic (exact) mass is 347 g/mol. The minimum atomic E-state index is -0.464. The smallest absolute Gasteiger partial charge is 0.319 e. The number of hydrogen-bond donors (Lipinski definition) is 3. The summed E-state index contributed by atoms with van der Waals surface area (Å²) in [4.78, 5) is 23.8. The van der Waals surface area contributed by atoms with Gasteiger partial charge in [-0.2, -0.15) is 0 Å². The van der Waals surface area contributed by atoms with Crippen LogP contribution in [0.1, 0.15) is 5.56 Å². The van der Waals surface area contributed by atoms with Gasteiger partial charge in [0.25, 0.3) is 0 Å². The van der Waals surface area contributed by atoms with Crippen LogP contribution in [0.5, 0.6) is 5.75 Å². The van der Waals surface area contributed by atoms with Gasteiger partial charge in [-0.1, -0.05) is 23.7 Å². The molecular formula is C17H18ClN3O3. The molecular weight excluding hydrogens is 330 g/mol. The number of ether oxygens (including phenoxy) is 1. The minimum Gasteiger partial charge on any atom is -0.495 e. The van der Waals surface area contributed by atoms with E-state index in [1.807, 2.05) is 25.1 Å². The molecule has 0 fully saturated rings. The molecule has 0 aliphatic carbocycles. The Morgan fingerprint density at radius 1 is 1.12 bits per heavy atom. The summed E-state index contributed by atoms with van der Waals surface area (Å²) in [5, 5.41) is 8.25. The van der Waals surface area contributed by atoms with Gasteiger partial charge >= 0.3 is 6.03 Å². The molecule has 2 aromatic carbocycles. The van der Waals surface area contributed by atoms with Gasteiger partial charge in [-0.25, -0.2) is 4.79 Å². The van der Waals surface area contributed by atoms with Crippen molar-refractivity contribution in [3.8, 4) is 5.75 Å². The highest BCUT2D eigenvalue weighted by Crippen LogP contribution is 2.27. The number of benzene rings is 2. The molecule has 3 amide bonds. The first-order valence-corrected chi connectivity index (χ1v) is 7.60. The maximum Gasteiger partial charge on any atom is 0.319 e. The lowest BCUT2D eigenvalue weighted by atomic mass is 10.2. The highest BCUT2D eigenvalue weighted by molar-refractivity contribution is 6.31. The van der Waals surface area contributed by atoms with Crippen molar-refractivity contribution in [2.45, 2.75) is 6.92 Å².